The van der Waals surface area contributed by atoms with E-state index in [0.717, 1.165) is 4.88 Å². The van der Waals surface area contributed by atoms with Gasteiger partial charge in [-0.05, 0) is 11.4 Å². The number of aromatic nitrogens is 4. The van der Waals surface area contributed by atoms with Gasteiger partial charge in [0.1, 0.15) is 0 Å². The van der Waals surface area contributed by atoms with Crippen LogP contribution in [0.15, 0.2) is 47.0 Å². The largest absolute Gasteiger partial charge is 0.334 e. The lowest BCUT2D eigenvalue weighted by Crippen LogP contribution is -2.51. The molecular formula is C16H15N5O2S. The van der Waals surface area contributed by atoms with E-state index >= 15 is 0 Å². The van der Waals surface area contributed by atoms with Crippen LogP contribution in [0.2, 0.25) is 0 Å². The van der Waals surface area contributed by atoms with Crippen LogP contribution in [0.3, 0.4) is 0 Å². The summed E-state index contributed by atoms with van der Waals surface area (Å²) in [5.74, 6) is -0.0645. The second-order valence-electron chi connectivity index (χ2n) is 5.77. The molecule has 8 heteroatoms. The van der Waals surface area contributed by atoms with Crippen molar-refractivity contribution >= 4 is 17.2 Å². The molecule has 0 bridgehead atoms. The molecule has 24 heavy (non-hydrogen) atoms. The molecule has 0 N–H and O–H groups in total. The van der Waals surface area contributed by atoms with Crippen LogP contribution in [0.1, 0.15) is 16.4 Å². The molecule has 4 heterocycles. The number of hydrogen-bond acceptors (Lipinski definition) is 5. The fourth-order valence-corrected chi connectivity index (χ4v) is 3.56. The summed E-state index contributed by atoms with van der Waals surface area (Å²) in [5, 5.41) is 9.70. The zero-order valence-corrected chi connectivity index (χ0v) is 13.8. The zero-order valence-electron chi connectivity index (χ0n) is 13.0. The molecular weight excluding hydrogens is 326 g/mol. The quantitative estimate of drug-likeness (QED) is 0.722. The van der Waals surface area contributed by atoms with E-state index in [0.29, 0.717) is 24.2 Å². The number of amides is 1. The average Bonchev–Trinajstić information content (AvgIpc) is 3.21. The predicted octanol–water partition coefficient (Wildman–Crippen LogP) is 1.40. The Labute approximate surface area is 141 Å². The Kier molecular flexibility index (Phi) is 3.53. The molecule has 0 radical (unpaired) electrons. The Morgan fingerprint density at radius 1 is 1.38 bits per heavy atom. The summed E-state index contributed by atoms with van der Waals surface area (Å²) in [6.45, 7) is 1.18. The van der Waals surface area contributed by atoms with Crippen molar-refractivity contribution in [1.29, 1.82) is 0 Å². The maximum atomic E-state index is 12.9. The monoisotopic (exact) mass is 341 g/mol. The molecule has 0 atom stereocenters. The highest BCUT2D eigenvalue weighted by Crippen LogP contribution is 2.30. The van der Waals surface area contributed by atoms with E-state index in [9.17, 15) is 9.59 Å². The van der Waals surface area contributed by atoms with Gasteiger partial charge in [-0.25, -0.2) is 4.68 Å². The molecule has 1 amide bonds. The van der Waals surface area contributed by atoms with Gasteiger partial charge in [0.25, 0.3) is 11.5 Å². The summed E-state index contributed by atoms with van der Waals surface area (Å²) < 4.78 is 3.21. The Hall–Kier alpha value is -2.74. The Balaban J connectivity index is 1.63. The van der Waals surface area contributed by atoms with Crippen molar-refractivity contribution in [2.45, 2.75) is 6.04 Å². The van der Waals surface area contributed by atoms with Crippen molar-refractivity contribution in [3.8, 4) is 10.4 Å². The van der Waals surface area contributed by atoms with E-state index in [-0.39, 0.29) is 17.5 Å². The lowest BCUT2D eigenvalue weighted by Gasteiger charge is -2.39. The first kappa shape index (κ1) is 14.8. The van der Waals surface area contributed by atoms with E-state index in [1.165, 1.54) is 22.0 Å². The van der Waals surface area contributed by atoms with Gasteiger partial charge in [0.2, 0.25) is 0 Å². The zero-order chi connectivity index (χ0) is 16.7. The number of carbonyl (C=O) groups excluding carboxylic acids is 1. The minimum atomic E-state index is -0.126. The van der Waals surface area contributed by atoms with Gasteiger partial charge in [-0.1, -0.05) is 11.3 Å². The maximum Gasteiger partial charge on any atom is 0.256 e. The molecule has 7 nitrogen and oxygen atoms in total. The van der Waals surface area contributed by atoms with Crippen LogP contribution in [0.5, 0.6) is 0 Å². The number of aryl methyl sites for hydroxylation is 1. The second-order valence-corrected chi connectivity index (χ2v) is 6.72. The van der Waals surface area contributed by atoms with Crippen LogP contribution in [-0.2, 0) is 7.05 Å². The van der Waals surface area contributed by atoms with E-state index < -0.39 is 0 Å². The number of hydrogen-bond donors (Lipinski definition) is 0. The van der Waals surface area contributed by atoms with Crippen LogP contribution in [0.4, 0.5) is 0 Å². The summed E-state index contributed by atoms with van der Waals surface area (Å²) in [5.41, 5.74) is 1.12. The minimum Gasteiger partial charge on any atom is -0.334 e. The summed E-state index contributed by atoms with van der Waals surface area (Å²) in [7, 11) is 1.66. The van der Waals surface area contributed by atoms with Gasteiger partial charge in [-0.2, -0.15) is 0 Å². The van der Waals surface area contributed by atoms with E-state index in [2.05, 4.69) is 10.3 Å². The average molecular weight is 341 g/mol. The Morgan fingerprint density at radius 2 is 2.21 bits per heavy atom. The van der Waals surface area contributed by atoms with Crippen LogP contribution in [0, 0.1) is 0 Å². The highest BCUT2D eigenvalue weighted by Gasteiger charge is 2.34. The molecule has 0 unspecified atom stereocenters. The summed E-state index contributed by atoms with van der Waals surface area (Å²) >= 11 is 1.52. The topological polar surface area (TPSA) is 73.0 Å². The van der Waals surface area contributed by atoms with Gasteiger partial charge >= 0.3 is 0 Å². The molecule has 1 saturated heterocycles. The van der Waals surface area contributed by atoms with Crippen molar-refractivity contribution in [1.82, 2.24) is 24.5 Å². The summed E-state index contributed by atoms with van der Waals surface area (Å²) in [6, 6.07) is 5.53. The van der Waals surface area contributed by atoms with Crippen molar-refractivity contribution in [3.63, 3.8) is 0 Å². The van der Waals surface area contributed by atoms with Crippen molar-refractivity contribution in [2.24, 2.45) is 7.05 Å². The third-order valence-electron chi connectivity index (χ3n) is 4.21. The third kappa shape index (κ3) is 2.44. The molecule has 0 aromatic carbocycles. The third-order valence-corrected chi connectivity index (χ3v) is 5.11. The molecule has 1 aliphatic rings. The summed E-state index contributed by atoms with van der Waals surface area (Å²) in [4.78, 5) is 27.6. The lowest BCUT2D eigenvalue weighted by atomic mass is 10.0. The van der Waals surface area contributed by atoms with Gasteiger partial charge < -0.3 is 9.47 Å². The normalized spacial score (nSPS) is 14.6. The van der Waals surface area contributed by atoms with E-state index in [1.54, 1.807) is 35.2 Å². The molecule has 122 valence electrons. The Bertz CT molecular complexity index is 924. The van der Waals surface area contributed by atoms with Gasteiger partial charge in [0.15, 0.2) is 0 Å². The first-order valence-corrected chi connectivity index (χ1v) is 8.41. The molecule has 0 saturated carbocycles. The van der Waals surface area contributed by atoms with Crippen molar-refractivity contribution in [3.05, 3.63) is 58.1 Å². The highest BCUT2D eigenvalue weighted by molar-refractivity contribution is 7.13. The molecule has 3 aromatic rings. The fourth-order valence-electron chi connectivity index (χ4n) is 2.81. The fraction of sp³-hybridized carbons (Fsp3) is 0.250. The summed E-state index contributed by atoms with van der Waals surface area (Å²) in [6.07, 6.45) is 5.06. The van der Waals surface area contributed by atoms with Gasteiger partial charge in [-0.3, -0.25) is 9.59 Å². The number of pyridine rings is 1. The van der Waals surface area contributed by atoms with Crippen LogP contribution < -0.4 is 5.56 Å². The number of likely N-dealkylation sites (tertiary alicyclic amines) is 1. The number of carbonyl (C=O) groups is 1. The standard InChI is InChI=1S/C16H15N5O2S/c1-19-10-13(12(7-15(19)22)14-3-2-6-24-14)16(23)20-8-11(9-20)21-5-4-17-18-21/h2-7,10-11H,8-9H2,1H3. The van der Waals surface area contributed by atoms with Crippen LogP contribution in [0.25, 0.3) is 10.4 Å². The van der Waals surface area contributed by atoms with Gasteiger partial charge in [0, 0.05) is 49.0 Å². The van der Waals surface area contributed by atoms with E-state index in [1.807, 2.05) is 17.5 Å². The van der Waals surface area contributed by atoms with Crippen LogP contribution >= 0.6 is 11.3 Å². The Morgan fingerprint density at radius 3 is 2.88 bits per heavy atom. The molecule has 4 rings (SSSR count). The highest BCUT2D eigenvalue weighted by atomic mass is 32.1. The van der Waals surface area contributed by atoms with Crippen LogP contribution in [-0.4, -0.2) is 43.5 Å². The molecule has 1 fully saturated rings. The smallest absolute Gasteiger partial charge is 0.256 e. The lowest BCUT2D eigenvalue weighted by molar-refractivity contribution is 0.0498. The first-order chi connectivity index (χ1) is 11.6. The SMILES string of the molecule is Cn1cc(C(=O)N2CC(n3ccnn3)C2)c(-c2cccs2)cc1=O. The molecule has 0 aliphatic carbocycles. The van der Waals surface area contributed by atoms with Crippen molar-refractivity contribution < 1.29 is 4.79 Å². The predicted molar refractivity (Wildman–Crippen MR) is 90.0 cm³/mol. The van der Waals surface area contributed by atoms with E-state index in [4.69, 9.17) is 0 Å². The number of rotatable bonds is 3. The second kappa shape index (κ2) is 5.72. The maximum absolute atomic E-state index is 12.9. The molecule has 1 aliphatic heterocycles. The number of nitrogens with zero attached hydrogens (tertiary/aromatic N) is 5. The minimum absolute atomic E-state index is 0.0645. The van der Waals surface area contributed by atoms with Gasteiger partial charge in [-0.15, -0.1) is 16.4 Å². The van der Waals surface area contributed by atoms with Gasteiger partial charge in [0.05, 0.1) is 17.8 Å². The van der Waals surface area contributed by atoms with Crippen molar-refractivity contribution in [2.75, 3.05) is 13.1 Å². The first-order valence-electron chi connectivity index (χ1n) is 7.53. The molecule has 0 spiro atoms. The number of thiophene rings is 1. The molecule has 3 aromatic heterocycles.